The maximum Gasteiger partial charge on any atom is 0.329 e. The molecule has 0 spiro atoms. The first-order valence-corrected chi connectivity index (χ1v) is 10.8. The van der Waals surface area contributed by atoms with Crippen molar-refractivity contribution >= 4 is 16.9 Å². The number of imidazole rings is 2. The van der Waals surface area contributed by atoms with Gasteiger partial charge in [0.25, 0.3) is 5.56 Å². The lowest BCUT2D eigenvalue weighted by molar-refractivity contribution is 0.124. The number of piperazine rings is 1. The number of nitrogens with zero attached hydrogens (tertiary/aromatic N) is 6. The third-order valence-electron chi connectivity index (χ3n) is 6.34. The minimum atomic E-state index is -0.468. The molecule has 32 heavy (non-hydrogen) atoms. The molecule has 168 valence electrons. The molecule has 10 heteroatoms. The van der Waals surface area contributed by atoms with Gasteiger partial charge in [0, 0.05) is 64.8 Å². The minimum absolute atomic E-state index is 0.204. The number of hydrogen-bond donors (Lipinski definition) is 1. The van der Waals surface area contributed by atoms with Crippen molar-refractivity contribution in [3.05, 3.63) is 68.4 Å². The van der Waals surface area contributed by atoms with Crippen LogP contribution in [0.2, 0.25) is 0 Å². The fraction of sp³-hybridized carbons (Fsp3) is 0.409. The normalized spacial score (nSPS) is 15.8. The fourth-order valence-corrected chi connectivity index (χ4v) is 4.45. The van der Waals surface area contributed by atoms with Gasteiger partial charge in [-0.15, -0.1) is 0 Å². The van der Waals surface area contributed by atoms with Gasteiger partial charge in [-0.05, 0) is 24.6 Å². The molecule has 4 aromatic rings. The van der Waals surface area contributed by atoms with Crippen molar-refractivity contribution in [2.24, 2.45) is 7.05 Å². The molecule has 1 N–H and O–H groups in total. The van der Waals surface area contributed by atoms with Gasteiger partial charge in [0.2, 0.25) is 5.78 Å². The molecule has 1 aliphatic heterocycles. The Kier molecular flexibility index (Phi) is 5.18. The minimum Gasteiger partial charge on any atom is -0.313 e. The van der Waals surface area contributed by atoms with E-state index in [-0.39, 0.29) is 5.82 Å². The zero-order valence-corrected chi connectivity index (χ0v) is 18.2. The maximum atomic E-state index is 13.1. The molecule has 1 saturated heterocycles. The number of fused-ring (bicyclic) bond motifs is 3. The number of hydrogen-bond acceptors (Lipinski definition) is 5. The molecule has 1 aromatic carbocycles. The number of benzene rings is 1. The van der Waals surface area contributed by atoms with Crippen LogP contribution in [0.1, 0.15) is 11.3 Å². The van der Waals surface area contributed by atoms with E-state index >= 15 is 0 Å². The predicted molar refractivity (Wildman–Crippen MR) is 119 cm³/mol. The molecule has 1 fully saturated rings. The number of H-pyrrole nitrogens is 1. The molecule has 0 saturated carbocycles. The Morgan fingerprint density at radius 3 is 2.44 bits per heavy atom. The Labute approximate surface area is 183 Å². The Morgan fingerprint density at radius 2 is 1.72 bits per heavy atom. The van der Waals surface area contributed by atoms with Gasteiger partial charge >= 0.3 is 5.69 Å². The van der Waals surface area contributed by atoms with Crippen LogP contribution in [0.4, 0.5) is 4.39 Å². The van der Waals surface area contributed by atoms with Gasteiger partial charge in [-0.25, -0.2) is 9.18 Å². The quantitative estimate of drug-likeness (QED) is 0.501. The van der Waals surface area contributed by atoms with Crippen LogP contribution in [-0.2, 0) is 20.1 Å². The number of aromatic amines is 1. The molecular formula is C22H26FN7O2. The van der Waals surface area contributed by atoms with Gasteiger partial charge < -0.3 is 4.57 Å². The summed E-state index contributed by atoms with van der Waals surface area (Å²) in [5.74, 6) is 0.462. The average molecular weight is 439 g/mol. The second kappa shape index (κ2) is 8.03. The van der Waals surface area contributed by atoms with Crippen LogP contribution < -0.4 is 11.2 Å². The summed E-state index contributed by atoms with van der Waals surface area (Å²) in [6.07, 6.45) is 1.89. The molecule has 9 nitrogen and oxygen atoms in total. The van der Waals surface area contributed by atoms with Crippen LogP contribution in [0.5, 0.6) is 0 Å². The Hall–Kier alpha value is -3.24. The Morgan fingerprint density at radius 1 is 1.03 bits per heavy atom. The first-order valence-electron chi connectivity index (χ1n) is 10.8. The molecule has 3 aromatic heterocycles. The fourth-order valence-electron chi connectivity index (χ4n) is 4.45. The van der Waals surface area contributed by atoms with Gasteiger partial charge in [0.1, 0.15) is 5.82 Å². The predicted octanol–water partition coefficient (Wildman–Crippen LogP) is 0.941. The smallest absolute Gasteiger partial charge is 0.313 e. The summed E-state index contributed by atoms with van der Waals surface area (Å²) in [5.41, 5.74) is 2.02. The Balaban J connectivity index is 1.27. The topological polar surface area (TPSA) is 83.6 Å². The molecule has 0 unspecified atom stereocenters. The van der Waals surface area contributed by atoms with Crippen LogP contribution in [0, 0.1) is 12.7 Å². The van der Waals surface area contributed by atoms with Gasteiger partial charge in [0.05, 0.1) is 0 Å². The lowest BCUT2D eigenvalue weighted by Gasteiger charge is -2.34. The van der Waals surface area contributed by atoms with Crippen molar-refractivity contribution in [1.82, 2.24) is 33.3 Å². The third kappa shape index (κ3) is 3.65. The van der Waals surface area contributed by atoms with E-state index in [1.165, 1.54) is 16.7 Å². The lowest BCUT2D eigenvalue weighted by atomic mass is 10.2. The molecule has 0 amide bonds. The van der Waals surface area contributed by atoms with Crippen molar-refractivity contribution in [1.29, 1.82) is 0 Å². The standard InChI is InChI=1S/C22H26FN7O2/c1-15-13-30-18-19(26(2)22(32)25-20(18)31)24-21(30)29(15)12-11-27-7-9-28(10-8-27)14-16-3-5-17(23)6-4-16/h3-6,13H,7-12,14H2,1-2H3,(H,25,31,32). The van der Waals surface area contributed by atoms with Gasteiger partial charge in [0.15, 0.2) is 11.2 Å². The highest BCUT2D eigenvalue weighted by atomic mass is 19.1. The number of aryl methyl sites for hydroxylation is 2. The first-order chi connectivity index (χ1) is 15.4. The van der Waals surface area contributed by atoms with E-state index in [2.05, 4.69) is 24.3 Å². The lowest BCUT2D eigenvalue weighted by Crippen LogP contribution is -2.46. The summed E-state index contributed by atoms with van der Waals surface area (Å²) in [5, 5.41) is 0. The second-order valence-corrected chi connectivity index (χ2v) is 8.44. The van der Waals surface area contributed by atoms with Crippen LogP contribution in [-0.4, -0.2) is 66.0 Å². The number of nitrogens with one attached hydrogen (secondary N) is 1. The SMILES string of the molecule is Cc1cn2c3c(=O)[nH]c(=O)n(C)c3nc2n1CCN1CCN(Cc2ccc(F)cc2)CC1. The summed E-state index contributed by atoms with van der Waals surface area (Å²) in [6, 6.07) is 6.71. The zero-order chi connectivity index (χ0) is 22.4. The van der Waals surface area contributed by atoms with Crippen LogP contribution in [0.25, 0.3) is 16.9 Å². The summed E-state index contributed by atoms with van der Waals surface area (Å²) >= 11 is 0. The number of halogens is 1. The largest absolute Gasteiger partial charge is 0.329 e. The molecule has 0 atom stereocenters. The Bertz CT molecular complexity index is 1390. The summed E-state index contributed by atoms with van der Waals surface area (Å²) < 4.78 is 18.3. The second-order valence-electron chi connectivity index (χ2n) is 8.44. The highest BCUT2D eigenvalue weighted by Gasteiger charge is 2.20. The highest BCUT2D eigenvalue weighted by Crippen LogP contribution is 2.16. The van der Waals surface area contributed by atoms with E-state index in [1.807, 2.05) is 25.3 Å². The summed E-state index contributed by atoms with van der Waals surface area (Å²) in [6.45, 7) is 8.29. The number of rotatable bonds is 5. The monoisotopic (exact) mass is 439 g/mol. The van der Waals surface area contributed by atoms with E-state index in [9.17, 15) is 14.0 Å². The molecule has 4 heterocycles. The van der Waals surface area contributed by atoms with E-state index in [4.69, 9.17) is 0 Å². The van der Waals surface area contributed by atoms with Crippen molar-refractivity contribution in [3.63, 3.8) is 0 Å². The average Bonchev–Trinajstić information content (AvgIpc) is 3.28. The maximum absolute atomic E-state index is 13.1. The van der Waals surface area contributed by atoms with Crippen molar-refractivity contribution in [2.45, 2.75) is 20.0 Å². The molecule has 0 aliphatic carbocycles. The van der Waals surface area contributed by atoms with Crippen LogP contribution >= 0.6 is 0 Å². The van der Waals surface area contributed by atoms with Crippen molar-refractivity contribution in [2.75, 3.05) is 32.7 Å². The number of aromatic nitrogens is 5. The van der Waals surface area contributed by atoms with Crippen molar-refractivity contribution < 1.29 is 4.39 Å². The molecule has 0 bridgehead atoms. The molecule has 5 rings (SSSR count). The van der Waals surface area contributed by atoms with Crippen LogP contribution in [0.15, 0.2) is 40.1 Å². The van der Waals surface area contributed by atoms with Gasteiger partial charge in [-0.1, -0.05) is 12.1 Å². The zero-order valence-electron chi connectivity index (χ0n) is 18.2. The van der Waals surface area contributed by atoms with E-state index in [0.29, 0.717) is 16.9 Å². The summed E-state index contributed by atoms with van der Waals surface area (Å²) in [4.78, 5) is 36.0. The molecule has 1 aliphatic rings. The highest BCUT2D eigenvalue weighted by molar-refractivity contribution is 5.75. The van der Waals surface area contributed by atoms with Gasteiger partial charge in [-0.3, -0.25) is 28.5 Å². The van der Waals surface area contributed by atoms with Crippen molar-refractivity contribution in [3.8, 4) is 0 Å². The summed E-state index contributed by atoms with van der Waals surface area (Å²) in [7, 11) is 1.61. The van der Waals surface area contributed by atoms with E-state index in [1.54, 1.807) is 11.4 Å². The van der Waals surface area contributed by atoms with Gasteiger partial charge in [-0.2, -0.15) is 4.98 Å². The third-order valence-corrected chi connectivity index (χ3v) is 6.34. The molecular weight excluding hydrogens is 413 g/mol. The van der Waals surface area contributed by atoms with Crippen LogP contribution in [0.3, 0.4) is 0 Å². The molecule has 0 radical (unpaired) electrons. The van der Waals surface area contributed by atoms with E-state index in [0.717, 1.165) is 57.1 Å². The van der Waals surface area contributed by atoms with E-state index < -0.39 is 11.2 Å². The first kappa shape index (κ1) is 20.7.